The normalized spacial score (nSPS) is 22.3. The minimum absolute atomic E-state index is 0.151. The maximum Gasteiger partial charge on any atom is 0.257 e. The Kier molecular flexibility index (Phi) is 4.59. The van der Waals surface area contributed by atoms with Crippen LogP contribution in [0, 0.1) is 0 Å². The summed E-state index contributed by atoms with van der Waals surface area (Å²) in [5, 5.41) is 4.67. The van der Waals surface area contributed by atoms with Crippen molar-refractivity contribution in [1.29, 1.82) is 0 Å². The molecule has 2 fully saturated rings. The fraction of sp³-hybridized carbons (Fsp3) is 0.632. The van der Waals surface area contributed by atoms with Crippen LogP contribution >= 0.6 is 0 Å². The van der Waals surface area contributed by atoms with Gasteiger partial charge in [0.2, 0.25) is 0 Å². The highest BCUT2D eigenvalue weighted by atomic mass is 16.2. The Labute approximate surface area is 148 Å². The van der Waals surface area contributed by atoms with Crippen LogP contribution < -0.4 is 0 Å². The number of aromatic nitrogens is 4. The standard InChI is InChI=1S/C19H27N5O/c1-22-13-17(18(21-22)15-6-3-2-4-7-15)19(25)23-10-5-8-16(12-23)24-11-9-20-14-24/h9,11,13-16H,2-8,10,12H2,1H3/t16-/m0/s1. The monoisotopic (exact) mass is 341 g/mol. The van der Waals surface area contributed by atoms with Crippen LogP contribution in [0.4, 0.5) is 0 Å². The van der Waals surface area contributed by atoms with Crippen molar-refractivity contribution in [3.63, 3.8) is 0 Å². The molecule has 1 aliphatic carbocycles. The number of piperidine rings is 1. The van der Waals surface area contributed by atoms with Crippen LogP contribution in [-0.2, 0) is 7.05 Å². The molecule has 1 saturated heterocycles. The van der Waals surface area contributed by atoms with Gasteiger partial charge in [0.25, 0.3) is 5.91 Å². The van der Waals surface area contributed by atoms with Gasteiger partial charge in [0.05, 0.1) is 23.6 Å². The van der Waals surface area contributed by atoms with Crippen LogP contribution in [0.25, 0.3) is 0 Å². The molecule has 0 bridgehead atoms. The van der Waals surface area contributed by atoms with E-state index in [-0.39, 0.29) is 5.91 Å². The number of aryl methyl sites for hydroxylation is 1. The molecule has 0 spiro atoms. The number of rotatable bonds is 3. The highest BCUT2D eigenvalue weighted by Crippen LogP contribution is 2.34. The maximum atomic E-state index is 13.2. The average molecular weight is 341 g/mol. The molecule has 0 radical (unpaired) electrons. The smallest absolute Gasteiger partial charge is 0.257 e. The van der Waals surface area contributed by atoms with Crippen LogP contribution in [0.15, 0.2) is 24.9 Å². The second-order valence-electron chi connectivity index (χ2n) is 7.49. The lowest BCUT2D eigenvalue weighted by Gasteiger charge is -2.33. The van der Waals surface area contributed by atoms with E-state index >= 15 is 0 Å². The quantitative estimate of drug-likeness (QED) is 0.862. The highest BCUT2D eigenvalue weighted by molar-refractivity contribution is 5.95. The van der Waals surface area contributed by atoms with Crippen molar-refractivity contribution in [3.05, 3.63) is 36.2 Å². The van der Waals surface area contributed by atoms with Gasteiger partial charge in [-0.25, -0.2) is 4.98 Å². The number of carbonyl (C=O) groups excluding carboxylic acids is 1. The lowest BCUT2D eigenvalue weighted by Crippen LogP contribution is -2.40. The lowest BCUT2D eigenvalue weighted by atomic mass is 9.85. The van der Waals surface area contributed by atoms with E-state index in [0.29, 0.717) is 12.0 Å². The van der Waals surface area contributed by atoms with E-state index in [1.54, 1.807) is 0 Å². The highest BCUT2D eigenvalue weighted by Gasteiger charge is 2.30. The van der Waals surface area contributed by atoms with Gasteiger partial charge in [0.1, 0.15) is 0 Å². The average Bonchev–Trinajstić information content (AvgIpc) is 3.32. The van der Waals surface area contributed by atoms with Crippen molar-refractivity contribution < 1.29 is 4.79 Å². The molecule has 2 aromatic heterocycles. The zero-order valence-electron chi connectivity index (χ0n) is 15.0. The molecule has 4 rings (SSSR count). The Hall–Kier alpha value is -2.11. The van der Waals surface area contributed by atoms with Crippen LogP contribution in [0.1, 0.15) is 73.0 Å². The Morgan fingerprint density at radius 3 is 2.76 bits per heavy atom. The van der Waals surface area contributed by atoms with Crippen molar-refractivity contribution >= 4 is 5.91 Å². The van der Waals surface area contributed by atoms with Crippen molar-refractivity contribution in [2.75, 3.05) is 13.1 Å². The van der Waals surface area contributed by atoms with Gasteiger partial charge in [-0.05, 0) is 25.7 Å². The molecule has 2 aromatic rings. The van der Waals surface area contributed by atoms with E-state index in [0.717, 1.165) is 50.0 Å². The number of hydrogen-bond acceptors (Lipinski definition) is 3. The topological polar surface area (TPSA) is 56.0 Å². The molecule has 134 valence electrons. The predicted octanol–water partition coefficient (Wildman–Crippen LogP) is 3.14. The van der Waals surface area contributed by atoms with Crippen LogP contribution in [-0.4, -0.2) is 43.2 Å². The van der Waals surface area contributed by atoms with E-state index in [1.807, 2.05) is 41.5 Å². The first-order chi connectivity index (χ1) is 12.2. The molecule has 25 heavy (non-hydrogen) atoms. The molecule has 1 aliphatic heterocycles. The minimum Gasteiger partial charge on any atom is -0.336 e. The third-order valence-electron chi connectivity index (χ3n) is 5.71. The summed E-state index contributed by atoms with van der Waals surface area (Å²) >= 11 is 0. The van der Waals surface area contributed by atoms with Gasteiger partial charge < -0.3 is 9.47 Å². The summed E-state index contributed by atoms with van der Waals surface area (Å²) < 4.78 is 3.94. The molecule has 0 aromatic carbocycles. The van der Waals surface area contributed by atoms with E-state index in [2.05, 4.69) is 14.6 Å². The minimum atomic E-state index is 0.151. The number of likely N-dealkylation sites (tertiary alicyclic amines) is 1. The summed E-state index contributed by atoms with van der Waals surface area (Å²) in [4.78, 5) is 19.4. The maximum absolute atomic E-state index is 13.2. The molecule has 1 amide bonds. The molecule has 2 aliphatic rings. The van der Waals surface area contributed by atoms with Gasteiger partial charge in [-0.3, -0.25) is 9.48 Å². The van der Waals surface area contributed by atoms with Gasteiger partial charge in [-0.2, -0.15) is 5.10 Å². The van der Waals surface area contributed by atoms with Crippen molar-refractivity contribution in [2.45, 2.75) is 56.9 Å². The second-order valence-corrected chi connectivity index (χ2v) is 7.49. The third kappa shape index (κ3) is 3.34. The van der Waals surface area contributed by atoms with E-state index < -0.39 is 0 Å². The summed E-state index contributed by atoms with van der Waals surface area (Å²) in [7, 11) is 1.92. The predicted molar refractivity (Wildman–Crippen MR) is 95.4 cm³/mol. The SMILES string of the molecule is Cn1cc(C(=O)N2CCC[C@H](n3ccnc3)C2)c(C2CCCCC2)n1. The first-order valence-corrected chi connectivity index (χ1v) is 9.52. The number of imidazole rings is 1. The molecule has 1 saturated carbocycles. The van der Waals surface area contributed by atoms with Crippen LogP contribution in [0.2, 0.25) is 0 Å². The van der Waals surface area contributed by atoms with Gasteiger partial charge in [-0.15, -0.1) is 0 Å². The summed E-state index contributed by atoms with van der Waals surface area (Å²) in [6.45, 7) is 1.59. The van der Waals surface area contributed by atoms with Gasteiger partial charge in [-0.1, -0.05) is 19.3 Å². The van der Waals surface area contributed by atoms with E-state index in [4.69, 9.17) is 0 Å². The molecule has 1 atom stereocenters. The number of nitrogens with zero attached hydrogens (tertiary/aromatic N) is 5. The third-order valence-corrected chi connectivity index (χ3v) is 5.71. The summed E-state index contributed by atoms with van der Waals surface area (Å²) in [6, 6.07) is 0.329. The van der Waals surface area contributed by atoms with Crippen molar-refractivity contribution in [3.8, 4) is 0 Å². The Balaban J connectivity index is 1.54. The molecule has 0 N–H and O–H groups in total. The number of hydrogen-bond donors (Lipinski definition) is 0. The zero-order chi connectivity index (χ0) is 17.2. The first kappa shape index (κ1) is 16.4. The number of carbonyl (C=O) groups is 1. The summed E-state index contributed by atoms with van der Waals surface area (Å²) in [5.74, 6) is 0.599. The van der Waals surface area contributed by atoms with E-state index in [1.165, 1.54) is 19.3 Å². The Bertz CT molecular complexity index is 714. The van der Waals surface area contributed by atoms with Gasteiger partial charge >= 0.3 is 0 Å². The molecule has 0 unspecified atom stereocenters. The first-order valence-electron chi connectivity index (χ1n) is 9.52. The van der Waals surface area contributed by atoms with Crippen molar-refractivity contribution in [1.82, 2.24) is 24.2 Å². The van der Waals surface area contributed by atoms with E-state index in [9.17, 15) is 4.79 Å². The second kappa shape index (κ2) is 7.02. The number of amides is 1. The Morgan fingerprint density at radius 1 is 1.16 bits per heavy atom. The fourth-order valence-electron chi connectivity index (χ4n) is 4.39. The van der Waals surface area contributed by atoms with Crippen LogP contribution in [0.3, 0.4) is 0 Å². The summed E-state index contributed by atoms with van der Waals surface area (Å²) in [5.41, 5.74) is 1.85. The molecule has 6 nitrogen and oxygen atoms in total. The van der Waals surface area contributed by atoms with Crippen molar-refractivity contribution in [2.24, 2.45) is 7.05 Å². The largest absolute Gasteiger partial charge is 0.336 e. The fourth-order valence-corrected chi connectivity index (χ4v) is 4.39. The summed E-state index contributed by atoms with van der Waals surface area (Å²) in [6.07, 6.45) is 15.9. The van der Waals surface area contributed by atoms with Crippen LogP contribution in [0.5, 0.6) is 0 Å². The van der Waals surface area contributed by atoms with Gasteiger partial charge in [0.15, 0.2) is 0 Å². The Morgan fingerprint density at radius 2 is 2.00 bits per heavy atom. The molecule has 6 heteroatoms. The molecular formula is C19H27N5O. The lowest BCUT2D eigenvalue weighted by molar-refractivity contribution is 0.0677. The zero-order valence-corrected chi connectivity index (χ0v) is 15.0. The molecular weight excluding hydrogens is 314 g/mol. The molecule has 3 heterocycles. The van der Waals surface area contributed by atoms with Gasteiger partial charge in [0, 0.05) is 44.6 Å².